The molecule has 0 saturated heterocycles. The van der Waals surface area contributed by atoms with Crippen LogP contribution in [0.3, 0.4) is 0 Å². The Kier molecular flexibility index (Phi) is 5.16. The Morgan fingerprint density at radius 2 is 2.11 bits per heavy atom. The number of carboxylic acid groups (broad SMARTS) is 1. The van der Waals surface area contributed by atoms with E-state index in [-0.39, 0.29) is 11.7 Å². The Labute approximate surface area is 109 Å². The van der Waals surface area contributed by atoms with Gasteiger partial charge in [0.25, 0.3) is 0 Å². The normalized spacial score (nSPS) is 29.1. The molecule has 0 spiro atoms. The summed E-state index contributed by atoms with van der Waals surface area (Å²) in [6.45, 7) is 3.72. The molecule has 1 fully saturated rings. The maximum atomic E-state index is 11.9. The van der Waals surface area contributed by atoms with Crippen molar-refractivity contribution in [3.63, 3.8) is 0 Å². The summed E-state index contributed by atoms with van der Waals surface area (Å²) < 4.78 is 26.3. The lowest BCUT2D eigenvalue weighted by atomic mass is 9.74. The van der Waals surface area contributed by atoms with Crippen LogP contribution in [0.5, 0.6) is 0 Å². The lowest BCUT2D eigenvalue weighted by Crippen LogP contribution is -2.60. The fraction of sp³-hybridized carbons (Fsp3) is 0.917. The summed E-state index contributed by atoms with van der Waals surface area (Å²) in [4.78, 5) is 11.5. The van der Waals surface area contributed by atoms with E-state index < -0.39 is 21.5 Å². The molecule has 5 nitrogen and oxygen atoms in total. The highest BCUT2D eigenvalue weighted by Crippen LogP contribution is 2.34. The standard InChI is InChI=1S/C12H23NO4S/c1-3-4-9-18(16,17)13-12(11(14)15)8-6-5-7-10(12)2/h10,13H,3-9H2,1-2H3,(H,14,15). The van der Waals surface area contributed by atoms with Crippen LogP contribution in [-0.2, 0) is 14.8 Å². The van der Waals surface area contributed by atoms with E-state index >= 15 is 0 Å². The summed E-state index contributed by atoms with van der Waals surface area (Å²) in [5.74, 6) is -1.21. The lowest BCUT2D eigenvalue weighted by Gasteiger charge is -2.39. The van der Waals surface area contributed by atoms with Gasteiger partial charge in [-0.15, -0.1) is 0 Å². The van der Waals surface area contributed by atoms with Crippen LogP contribution >= 0.6 is 0 Å². The van der Waals surface area contributed by atoms with Crippen molar-refractivity contribution in [3.05, 3.63) is 0 Å². The second-order valence-electron chi connectivity index (χ2n) is 5.20. The third kappa shape index (κ3) is 3.45. The van der Waals surface area contributed by atoms with Gasteiger partial charge in [0.15, 0.2) is 0 Å². The number of unbranched alkanes of at least 4 members (excludes halogenated alkanes) is 1. The lowest BCUT2D eigenvalue weighted by molar-refractivity contribution is -0.147. The summed E-state index contributed by atoms with van der Waals surface area (Å²) in [5, 5.41) is 9.42. The molecule has 1 rings (SSSR count). The average molecular weight is 277 g/mol. The highest BCUT2D eigenvalue weighted by molar-refractivity contribution is 7.89. The highest BCUT2D eigenvalue weighted by atomic mass is 32.2. The van der Waals surface area contributed by atoms with Crippen LogP contribution in [0.1, 0.15) is 52.4 Å². The Morgan fingerprint density at radius 1 is 1.44 bits per heavy atom. The van der Waals surface area contributed by atoms with E-state index in [2.05, 4.69) is 4.72 Å². The van der Waals surface area contributed by atoms with Gasteiger partial charge in [0.05, 0.1) is 5.75 Å². The van der Waals surface area contributed by atoms with Gasteiger partial charge in [-0.05, 0) is 25.2 Å². The van der Waals surface area contributed by atoms with Crippen molar-refractivity contribution in [2.75, 3.05) is 5.75 Å². The maximum absolute atomic E-state index is 11.9. The Bertz CT molecular complexity index is 393. The van der Waals surface area contributed by atoms with Gasteiger partial charge in [0, 0.05) is 0 Å². The first-order valence-electron chi connectivity index (χ1n) is 6.59. The van der Waals surface area contributed by atoms with Gasteiger partial charge in [-0.3, -0.25) is 4.79 Å². The van der Waals surface area contributed by atoms with E-state index in [9.17, 15) is 18.3 Å². The summed E-state index contributed by atoms with van der Waals surface area (Å²) in [7, 11) is -3.51. The van der Waals surface area contributed by atoms with E-state index in [4.69, 9.17) is 0 Å². The fourth-order valence-corrected chi connectivity index (χ4v) is 4.24. The second-order valence-corrected chi connectivity index (χ2v) is 7.04. The minimum absolute atomic E-state index is 0.00521. The first-order valence-corrected chi connectivity index (χ1v) is 8.24. The van der Waals surface area contributed by atoms with E-state index in [0.717, 1.165) is 25.7 Å². The smallest absolute Gasteiger partial charge is 0.325 e. The maximum Gasteiger partial charge on any atom is 0.325 e. The molecule has 0 radical (unpaired) electrons. The summed E-state index contributed by atoms with van der Waals surface area (Å²) >= 11 is 0. The number of nitrogens with one attached hydrogen (secondary N) is 1. The molecule has 1 aliphatic carbocycles. The monoisotopic (exact) mass is 277 g/mol. The molecular formula is C12H23NO4S. The van der Waals surface area contributed by atoms with Crippen molar-refractivity contribution in [1.29, 1.82) is 0 Å². The summed E-state index contributed by atoms with van der Waals surface area (Å²) in [6, 6.07) is 0. The summed E-state index contributed by atoms with van der Waals surface area (Å²) in [5.41, 5.74) is -1.30. The van der Waals surface area contributed by atoms with Crippen molar-refractivity contribution in [2.24, 2.45) is 5.92 Å². The topological polar surface area (TPSA) is 83.5 Å². The Morgan fingerprint density at radius 3 is 2.61 bits per heavy atom. The Hall–Kier alpha value is -0.620. The second kappa shape index (κ2) is 6.02. The van der Waals surface area contributed by atoms with E-state index in [1.807, 2.05) is 13.8 Å². The quantitative estimate of drug-likeness (QED) is 0.774. The summed E-state index contributed by atoms with van der Waals surface area (Å²) in [6.07, 6.45) is 4.19. The highest BCUT2D eigenvalue weighted by Gasteiger charge is 2.47. The average Bonchev–Trinajstić information content (AvgIpc) is 2.29. The van der Waals surface area contributed by atoms with Gasteiger partial charge in [0.1, 0.15) is 5.54 Å². The molecule has 0 aromatic heterocycles. The van der Waals surface area contributed by atoms with Gasteiger partial charge in [-0.2, -0.15) is 4.72 Å². The van der Waals surface area contributed by atoms with Crippen LogP contribution in [0, 0.1) is 5.92 Å². The van der Waals surface area contributed by atoms with Crippen molar-refractivity contribution in [1.82, 2.24) is 4.72 Å². The number of aliphatic carboxylic acids is 1. The van der Waals surface area contributed by atoms with E-state index in [0.29, 0.717) is 12.8 Å². The molecule has 0 aliphatic heterocycles. The molecule has 0 heterocycles. The molecule has 1 saturated carbocycles. The van der Waals surface area contributed by atoms with Crippen LogP contribution in [0.4, 0.5) is 0 Å². The zero-order valence-electron chi connectivity index (χ0n) is 11.1. The first-order chi connectivity index (χ1) is 8.34. The van der Waals surface area contributed by atoms with Crippen molar-refractivity contribution >= 4 is 16.0 Å². The number of rotatable bonds is 6. The van der Waals surface area contributed by atoms with Crippen LogP contribution in [0.15, 0.2) is 0 Å². The molecule has 0 aromatic rings. The van der Waals surface area contributed by atoms with Gasteiger partial charge in [-0.25, -0.2) is 8.42 Å². The largest absolute Gasteiger partial charge is 0.480 e. The molecule has 0 bridgehead atoms. The van der Waals surface area contributed by atoms with Gasteiger partial charge >= 0.3 is 5.97 Å². The third-order valence-corrected chi connectivity index (χ3v) is 5.29. The fourth-order valence-electron chi connectivity index (χ4n) is 2.52. The minimum atomic E-state index is -3.51. The van der Waals surface area contributed by atoms with E-state index in [1.165, 1.54) is 0 Å². The predicted molar refractivity (Wildman–Crippen MR) is 69.8 cm³/mol. The molecule has 6 heteroatoms. The molecule has 2 unspecified atom stereocenters. The van der Waals surface area contributed by atoms with Crippen molar-refractivity contribution < 1.29 is 18.3 Å². The number of hydrogen-bond donors (Lipinski definition) is 2. The first kappa shape index (κ1) is 15.4. The number of carbonyl (C=O) groups is 1. The van der Waals surface area contributed by atoms with Crippen LogP contribution in [-0.4, -0.2) is 30.8 Å². The molecule has 2 atom stereocenters. The third-order valence-electron chi connectivity index (χ3n) is 3.79. The molecule has 106 valence electrons. The number of carboxylic acids is 1. The van der Waals surface area contributed by atoms with Crippen LogP contribution in [0.2, 0.25) is 0 Å². The van der Waals surface area contributed by atoms with Crippen molar-refractivity contribution in [3.8, 4) is 0 Å². The zero-order chi connectivity index (χ0) is 13.8. The van der Waals surface area contributed by atoms with E-state index in [1.54, 1.807) is 0 Å². The van der Waals surface area contributed by atoms with Gasteiger partial charge in [-0.1, -0.05) is 33.1 Å². The van der Waals surface area contributed by atoms with Gasteiger partial charge < -0.3 is 5.11 Å². The number of sulfonamides is 1. The molecule has 0 aromatic carbocycles. The predicted octanol–water partition coefficient (Wildman–Crippen LogP) is 1.74. The SMILES string of the molecule is CCCCS(=O)(=O)NC1(C(=O)O)CCCCC1C. The van der Waals surface area contributed by atoms with Crippen LogP contribution in [0.25, 0.3) is 0 Å². The minimum Gasteiger partial charge on any atom is -0.480 e. The molecular weight excluding hydrogens is 254 g/mol. The molecule has 0 amide bonds. The van der Waals surface area contributed by atoms with Crippen molar-refractivity contribution in [2.45, 2.75) is 57.9 Å². The number of hydrogen-bond acceptors (Lipinski definition) is 3. The Balaban J connectivity index is 2.89. The molecule has 18 heavy (non-hydrogen) atoms. The zero-order valence-corrected chi connectivity index (χ0v) is 11.9. The molecule has 2 N–H and O–H groups in total. The van der Waals surface area contributed by atoms with Gasteiger partial charge in [0.2, 0.25) is 10.0 Å². The molecule has 1 aliphatic rings. The van der Waals surface area contributed by atoms with Crippen LogP contribution < -0.4 is 4.72 Å².